The van der Waals surface area contributed by atoms with Gasteiger partial charge in [0.05, 0.1) is 19.4 Å². The molecule has 0 spiro atoms. The summed E-state index contributed by atoms with van der Waals surface area (Å²) in [5.41, 5.74) is 11.8. The van der Waals surface area contributed by atoms with Gasteiger partial charge in [0.2, 0.25) is 5.91 Å². The lowest BCUT2D eigenvalue weighted by Gasteiger charge is -2.36. The zero-order valence-corrected chi connectivity index (χ0v) is 19.5. The fourth-order valence-corrected chi connectivity index (χ4v) is 4.77. The zero-order valence-electron chi connectivity index (χ0n) is 18.7. The monoisotopic (exact) mass is 475 g/mol. The third-order valence-electron chi connectivity index (χ3n) is 5.67. The van der Waals surface area contributed by atoms with Crippen molar-refractivity contribution in [1.29, 1.82) is 0 Å². The van der Waals surface area contributed by atoms with Crippen molar-refractivity contribution in [2.75, 3.05) is 33.1 Å². The van der Waals surface area contributed by atoms with E-state index < -0.39 is 17.9 Å². The molecule has 1 saturated carbocycles. The van der Waals surface area contributed by atoms with Crippen LogP contribution in [0.25, 0.3) is 0 Å². The van der Waals surface area contributed by atoms with Gasteiger partial charge in [-0.05, 0) is 42.1 Å². The van der Waals surface area contributed by atoms with Gasteiger partial charge in [-0.15, -0.1) is 0 Å². The lowest BCUT2D eigenvalue weighted by molar-refractivity contribution is -0.126. The number of nitrogens with two attached hydrogens (primary N) is 2. The Labute approximate surface area is 196 Å². The average Bonchev–Trinajstić information content (AvgIpc) is 3.47. The summed E-state index contributed by atoms with van der Waals surface area (Å²) in [6.07, 6.45) is 3.40. The van der Waals surface area contributed by atoms with Gasteiger partial charge < -0.3 is 31.2 Å². The fourth-order valence-electron chi connectivity index (χ4n) is 4.02. The van der Waals surface area contributed by atoms with Crippen LogP contribution in [0.4, 0.5) is 5.69 Å². The third kappa shape index (κ3) is 5.42. The number of nitrogens with zero attached hydrogens (tertiary/aromatic N) is 2. The SMILES string of the molecule is COCCNC(=O)C(c1ccc(OC)cc1)N(C(=O)c1snc(C(N)=O)c1N)C1CCCC1. The van der Waals surface area contributed by atoms with Gasteiger partial charge in [-0.1, -0.05) is 25.0 Å². The van der Waals surface area contributed by atoms with Gasteiger partial charge in [-0.25, -0.2) is 0 Å². The summed E-state index contributed by atoms with van der Waals surface area (Å²) in [5, 5.41) is 2.85. The van der Waals surface area contributed by atoms with E-state index in [0.717, 1.165) is 37.2 Å². The number of nitrogen functional groups attached to an aromatic ring is 1. The van der Waals surface area contributed by atoms with E-state index in [2.05, 4.69) is 9.69 Å². The van der Waals surface area contributed by atoms with Gasteiger partial charge in [-0.3, -0.25) is 14.4 Å². The van der Waals surface area contributed by atoms with Gasteiger partial charge in [0.15, 0.2) is 5.69 Å². The number of anilines is 1. The highest BCUT2D eigenvalue weighted by atomic mass is 32.1. The lowest BCUT2D eigenvalue weighted by Crippen LogP contribution is -2.48. The molecule has 3 rings (SSSR count). The minimum absolute atomic E-state index is 0.0613. The molecule has 10 nitrogen and oxygen atoms in total. The first-order valence-electron chi connectivity index (χ1n) is 10.7. The molecule has 1 aliphatic carbocycles. The molecule has 11 heteroatoms. The number of rotatable bonds is 10. The maximum Gasteiger partial charge on any atom is 0.270 e. The number of benzene rings is 1. The van der Waals surface area contributed by atoms with E-state index in [-0.39, 0.29) is 28.2 Å². The predicted molar refractivity (Wildman–Crippen MR) is 124 cm³/mol. The number of primary amides is 1. The van der Waals surface area contributed by atoms with E-state index in [4.69, 9.17) is 20.9 Å². The number of methoxy groups -OCH3 is 2. The molecule has 178 valence electrons. The van der Waals surface area contributed by atoms with E-state index in [0.29, 0.717) is 24.5 Å². The van der Waals surface area contributed by atoms with Crippen molar-refractivity contribution in [2.24, 2.45) is 5.73 Å². The second kappa shape index (κ2) is 11.1. The molecule has 1 heterocycles. The molecule has 1 aromatic carbocycles. The molecule has 5 N–H and O–H groups in total. The topological polar surface area (TPSA) is 150 Å². The van der Waals surface area contributed by atoms with Crippen molar-refractivity contribution in [1.82, 2.24) is 14.6 Å². The Hall–Kier alpha value is -3.18. The summed E-state index contributed by atoms with van der Waals surface area (Å²) in [4.78, 5) is 40.5. The summed E-state index contributed by atoms with van der Waals surface area (Å²) in [5.74, 6) is -0.962. The smallest absolute Gasteiger partial charge is 0.270 e. The van der Waals surface area contributed by atoms with E-state index in [1.807, 2.05) is 0 Å². The molecule has 1 aromatic heterocycles. The standard InChI is InChI=1S/C22H29N5O5S/c1-31-12-11-25-21(29)18(13-7-9-15(32-2)10-8-13)27(14-5-3-4-6-14)22(30)19-16(23)17(20(24)28)26-33-19/h7-10,14,18H,3-6,11-12,23H2,1-2H3,(H2,24,28)(H,25,29). The number of aromatic nitrogens is 1. The molecule has 1 atom stereocenters. The van der Waals surface area contributed by atoms with Gasteiger partial charge in [-0.2, -0.15) is 4.37 Å². The van der Waals surface area contributed by atoms with E-state index in [1.165, 1.54) is 0 Å². The Kier molecular flexibility index (Phi) is 8.23. The largest absolute Gasteiger partial charge is 0.497 e. The van der Waals surface area contributed by atoms with Crippen LogP contribution in [0.5, 0.6) is 5.75 Å². The van der Waals surface area contributed by atoms with Crippen molar-refractivity contribution in [3.63, 3.8) is 0 Å². The predicted octanol–water partition coefficient (Wildman–Crippen LogP) is 1.72. The van der Waals surface area contributed by atoms with Crippen molar-refractivity contribution in [3.8, 4) is 5.75 Å². The van der Waals surface area contributed by atoms with Crippen LogP contribution in [0.3, 0.4) is 0 Å². The molecule has 1 unspecified atom stereocenters. The molecule has 3 amide bonds. The number of hydrogen-bond acceptors (Lipinski definition) is 8. The van der Waals surface area contributed by atoms with Crippen LogP contribution in [0, 0.1) is 0 Å². The summed E-state index contributed by atoms with van der Waals surface area (Å²) in [6.45, 7) is 0.630. The Bertz CT molecular complexity index is 988. The Morgan fingerprint density at radius 3 is 2.42 bits per heavy atom. The van der Waals surface area contributed by atoms with Crippen molar-refractivity contribution in [2.45, 2.75) is 37.8 Å². The highest BCUT2D eigenvalue weighted by Crippen LogP contribution is 2.35. The highest BCUT2D eigenvalue weighted by Gasteiger charge is 2.39. The zero-order chi connectivity index (χ0) is 24.0. The lowest BCUT2D eigenvalue weighted by atomic mass is 10.0. The van der Waals surface area contributed by atoms with Crippen LogP contribution in [-0.2, 0) is 9.53 Å². The van der Waals surface area contributed by atoms with Crippen molar-refractivity contribution < 1.29 is 23.9 Å². The van der Waals surface area contributed by atoms with Crippen molar-refractivity contribution in [3.05, 3.63) is 40.4 Å². The molecule has 0 aliphatic heterocycles. The molecule has 1 aliphatic rings. The quantitative estimate of drug-likeness (QED) is 0.443. The minimum Gasteiger partial charge on any atom is -0.497 e. The molecular formula is C22H29N5O5S. The first-order chi connectivity index (χ1) is 15.9. The van der Waals surface area contributed by atoms with Gasteiger partial charge in [0, 0.05) is 19.7 Å². The highest BCUT2D eigenvalue weighted by molar-refractivity contribution is 7.09. The van der Waals surface area contributed by atoms with Gasteiger partial charge in [0.25, 0.3) is 11.8 Å². The van der Waals surface area contributed by atoms with E-state index in [9.17, 15) is 14.4 Å². The molecule has 0 radical (unpaired) electrons. The van der Waals surface area contributed by atoms with E-state index in [1.54, 1.807) is 43.4 Å². The average molecular weight is 476 g/mol. The van der Waals surface area contributed by atoms with Crippen LogP contribution in [0.15, 0.2) is 24.3 Å². The number of ether oxygens (including phenoxy) is 2. The number of carbonyl (C=O) groups excluding carboxylic acids is 3. The van der Waals surface area contributed by atoms with E-state index >= 15 is 0 Å². The minimum atomic E-state index is -0.915. The summed E-state index contributed by atoms with van der Waals surface area (Å²) in [7, 11) is 3.10. The maximum atomic E-state index is 13.8. The molecule has 2 aromatic rings. The van der Waals surface area contributed by atoms with Crippen molar-refractivity contribution >= 4 is 34.9 Å². The summed E-state index contributed by atoms with van der Waals surface area (Å²) < 4.78 is 14.3. The van der Waals surface area contributed by atoms with Crippen LogP contribution >= 0.6 is 11.5 Å². The first-order valence-corrected chi connectivity index (χ1v) is 11.4. The van der Waals surface area contributed by atoms with Crippen LogP contribution in [-0.4, -0.2) is 60.4 Å². The van der Waals surface area contributed by atoms with Gasteiger partial charge in [0.1, 0.15) is 16.7 Å². The second-order valence-corrected chi connectivity index (χ2v) is 8.52. The fraction of sp³-hybridized carbons (Fsp3) is 0.455. The molecule has 0 bridgehead atoms. The Morgan fingerprint density at radius 2 is 1.88 bits per heavy atom. The first kappa shape index (κ1) is 24.5. The number of nitrogens with one attached hydrogen (secondary N) is 1. The molecule has 0 saturated heterocycles. The Morgan fingerprint density at radius 1 is 1.21 bits per heavy atom. The third-order valence-corrected chi connectivity index (χ3v) is 6.52. The molecule has 1 fully saturated rings. The Balaban J connectivity index is 2.06. The van der Waals surface area contributed by atoms with Gasteiger partial charge >= 0.3 is 0 Å². The summed E-state index contributed by atoms with van der Waals surface area (Å²) in [6, 6.07) is 5.93. The summed E-state index contributed by atoms with van der Waals surface area (Å²) >= 11 is 0.813. The van der Waals surface area contributed by atoms with Crippen LogP contribution in [0.1, 0.15) is 57.4 Å². The molecular weight excluding hydrogens is 446 g/mol. The van der Waals surface area contributed by atoms with Crippen LogP contribution < -0.4 is 21.5 Å². The second-order valence-electron chi connectivity index (χ2n) is 7.75. The number of hydrogen-bond donors (Lipinski definition) is 3. The maximum absolute atomic E-state index is 13.8. The van der Waals surface area contributed by atoms with Crippen LogP contribution in [0.2, 0.25) is 0 Å². The normalized spacial score (nSPS) is 14.6. The number of carbonyl (C=O) groups is 3. The molecule has 33 heavy (non-hydrogen) atoms. The number of amides is 3.